The lowest BCUT2D eigenvalue weighted by Crippen LogP contribution is -2.29. The lowest BCUT2D eigenvalue weighted by molar-refractivity contribution is 0.737. The molecule has 17 heavy (non-hydrogen) atoms. The second-order valence-electron chi connectivity index (χ2n) is 3.70. The molecule has 0 saturated carbocycles. The van der Waals surface area contributed by atoms with Crippen LogP contribution in [-0.2, 0) is 7.05 Å². The summed E-state index contributed by atoms with van der Waals surface area (Å²) in [5.41, 5.74) is 6.50. The molecule has 0 spiro atoms. The van der Waals surface area contributed by atoms with Crippen molar-refractivity contribution in [1.29, 1.82) is 0 Å². The molecule has 0 amide bonds. The van der Waals surface area contributed by atoms with Gasteiger partial charge in [0, 0.05) is 7.05 Å². The molecule has 1 aromatic carbocycles. The third-order valence-corrected chi connectivity index (χ3v) is 2.58. The molecule has 0 bridgehead atoms. The second kappa shape index (κ2) is 2.94. The van der Waals surface area contributed by atoms with Crippen molar-refractivity contribution < 1.29 is 0 Å². The highest BCUT2D eigenvalue weighted by Gasteiger charge is 2.12. The van der Waals surface area contributed by atoms with Crippen LogP contribution in [0.25, 0.3) is 22.1 Å². The van der Waals surface area contributed by atoms with Crippen molar-refractivity contribution in [3.63, 3.8) is 0 Å². The summed E-state index contributed by atoms with van der Waals surface area (Å²) in [7, 11) is 1.72. The summed E-state index contributed by atoms with van der Waals surface area (Å²) in [4.78, 5) is 28.6. The zero-order valence-corrected chi connectivity index (χ0v) is 8.81. The molecule has 3 rings (SSSR count). The minimum atomic E-state index is -0.831. The maximum Gasteiger partial charge on any atom is 0.335 e. The Balaban J connectivity index is 2.72. The Bertz CT molecular complexity index is 855. The minimum Gasteiger partial charge on any atom is -0.397 e. The molecule has 0 aliphatic carbocycles. The van der Waals surface area contributed by atoms with Crippen LogP contribution >= 0.6 is 0 Å². The Morgan fingerprint density at radius 2 is 2.18 bits per heavy atom. The topological polar surface area (TPSA) is 122 Å². The lowest BCUT2D eigenvalue weighted by Gasteiger charge is -2.01. The normalized spacial score (nSPS) is 11.4. The maximum absolute atomic E-state index is 11.3. The van der Waals surface area contributed by atoms with E-state index in [4.69, 9.17) is 5.73 Å². The number of nitrogens with two attached hydrogens (primary N) is 1. The number of nitrogens with one attached hydrogen (secondary N) is 2. The highest BCUT2D eigenvalue weighted by atomic mass is 16.2. The fourth-order valence-electron chi connectivity index (χ4n) is 1.82. The van der Waals surface area contributed by atoms with E-state index in [1.54, 1.807) is 11.7 Å². The van der Waals surface area contributed by atoms with Gasteiger partial charge in [-0.05, 0) is 6.07 Å². The van der Waals surface area contributed by atoms with Crippen LogP contribution in [0.1, 0.15) is 0 Å². The highest BCUT2D eigenvalue weighted by molar-refractivity contribution is 6.05. The molecule has 8 nitrogen and oxygen atoms in total. The third kappa shape index (κ3) is 1.17. The molecule has 0 atom stereocenters. The van der Waals surface area contributed by atoms with Gasteiger partial charge in [-0.3, -0.25) is 14.3 Å². The van der Waals surface area contributed by atoms with Gasteiger partial charge in [0.05, 0.1) is 16.7 Å². The number of nitrogen functional groups attached to an aromatic ring is 1. The standard InChI is InChI=1S/C9H8N6O2/c1-15-7-5(13-14-15)3(10)2-4-6(7)12-9(17)8(16)11-4/h2,14H,10H2,1H3,(H,12,17). The van der Waals surface area contributed by atoms with E-state index in [9.17, 15) is 9.59 Å². The van der Waals surface area contributed by atoms with Crippen LogP contribution in [0.15, 0.2) is 15.7 Å². The number of rotatable bonds is 0. The molecule has 0 aliphatic rings. The zero-order valence-electron chi connectivity index (χ0n) is 8.81. The van der Waals surface area contributed by atoms with Crippen LogP contribution < -0.4 is 16.9 Å². The van der Waals surface area contributed by atoms with Crippen molar-refractivity contribution in [2.75, 3.05) is 5.73 Å². The van der Waals surface area contributed by atoms with E-state index >= 15 is 0 Å². The number of hydrogen-bond donors (Lipinski definition) is 3. The third-order valence-electron chi connectivity index (χ3n) is 2.58. The molecule has 2 aromatic heterocycles. The molecule has 8 heteroatoms. The van der Waals surface area contributed by atoms with E-state index < -0.39 is 11.1 Å². The average molecular weight is 232 g/mol. The predicted molar refractivity (Wildman–Crippen MR) is 61.7 cm³/mol. The Kier molecular flexibility index (Phi) is 1.65. The van der Waals surface area contributed by atoms with Crippen LogP contribution in [0.3, 0.4) is 0 Å². The van der Waals surface area contributed by atoms with Crippen molar-refractivity contribution in [3.8, 4) is 0 Å². The van der Waals surface area contributed by atoms with Crippen LogP contribution in [0, 0.1) is 0 Å². The van der Waals surface area contributed by atoms with Crippen molar-refractivity contribution >= 4 is 27.8 Å². The molecular formula is C9H8N6O2. The summed E-state index contributed by atoms with van der Waals surface area (Å²) in [6.07, 6.45) is 0. The number of aryl methyl sites for hydroxylation is 1. The summed E-state index contributed by atoms with van der Waals surface area (Å²) >= 11 is 0. The number of aromatic nitrogens is 5. The molecule has 4 N–H and O–H groups in total. The first-order valence-corrected chi connectivity index (χ1v) is 4.81. The van der Waals surface area contributed by atoms with Crippen LogP contribution in [0.5, 0.6) is 0 Å². The van der Waals surface area contributed by atoms with Crippen LogP contribution in [0.4, 0.5) is 5.69 Å². The molecule has 3 aromatic rings. The average Bonchev–Trinajstić information content (AvgIpc) is 2.65. The van der Waals surface area contributed by atoms with Crippen molar-refractivity contribution in [1.82, 2.24) is 25.0 Å². The minimum absolute atomic E-state index is 0.344. The van der Waals surface area contributed by atoms with Crippen LogP contribution in [-0.4, -0.2) is 25.0 Å². The molecular weight excluding hydrogens is 224 g/mol. The van der Waals surface area contributed by atoms with Gasteiger partial charge in [0.2, 0.25) is 0 Å². The van der Waals surface area contributed by atoms with Gasteiger partial charge in [-0.2, -0.15) is 5.10 Å². The summed E-state index contributed by atoms with van der Waals surface area (Å²) in [6, 6.07) is 1.51. The van der Waals surface area contributed by atoms with E-state index in [0.29, 0.717) is 27.8 Å². The molecule has 0 unspecified atom stereocenters. The van der Waals surface area contributed by atoms with Crippen LogP contribution in [0.2, 0.25) is 0 Å². The smallest absolute Gasteiger partial charge is 0.335 e. The van der Waals surface area contributed by atoms with E-state index in [-0.39, 0.29) is 0 Å². The van der Waals surface area contributed by atoms with Gasteiger partial charge < -0.3 is 10.7 Å². The van der Waals surface area contributed by atoms with Gasteiger partial charge in [-0.15, -0.1) is 0 Å². The molecule has 0 aliphatic heterocycles. The Labute approximate surface area is 93.1 Å². The number of anilines is 1. The van der Waals surface area contributed by atoms with Gasteiger partial charge in [0.1, 0.15) is 11.0 Å². The summed E-state index contributed by atoms with van der Waals surface area (Å²) in [5, 5.41) is 6.71. The molecule has 0 radical (unpaired) electrons. The quantitative estimate of drug-likeness (QED) is 0.341. The fraction of sp³-hybridized carbons (Fsp3) is 0.111. The lowest BCUT2D eigenvalue weighted by atomic mass is 10.2. The second-order valence-corrected chi connectivity index (χ2v) is 3.70. The van der Waals surface area contributed by atoms with Crippen molar-refractivity contribution in [2.45, 2.75) is 0 Å². The highest BCUT2D eigenvalue weighted by Crippen LogP contribution is 2.24. The first-order valence-electron chi connectivity index (χ1n) is 4.81. The van der Waals surface area contributed by atoms with E-state index in [2.05, 4.69) is 20.3 Å². The SMILES string of the molecule is Cn1[nH]nc2c(N)cc3nc(=O)c(=O)[nH]c3c21. The Morgan fingerprint density at radius 1 is 1.41 bits per heavy atom. The van der Waals surface area contributed by atoms with Gasteiger partial charge in [-0.25, -0.2) is 10.2 Å². The summed E-state index contributed by atoms with van der Waals surface area (Å²) < 4.78 is 1.59. The molecule has 0 fully saturated rings. The maximum atomic E-state index is 11.3. The summed E-state index contributed by atoms with van der Waals surface area (Å²) in [6.45, 7) is 0. The largest absolute Gasteiger partial charge is 0.397 e. The van der Waals surface area contributed by atoms with Gasteiger partial charge >= 0.3 is 11.1 Å². The number of benzene rings is 1. The van der Waals surface area contributed by atoms with E-state index in [1.165, 1.54) is 6.07 Å². The summed E-state index contributed by atoms with van der Waals surface area (Å²) in [5.74, 6) is 0. The first kappa shape index (κ1) is 9.58. The fourth-order valence-corrected chi connectivity index (χ4v) is 1.82. The molecule has 86 valence electrons. The van der Waals surface area contributed by atoms with E-state index in [0.717, 1.165) is 0 Å². The number of H-pyrrole nitrogens is 2. The number of hydrogen-bond acceptors (Lipinski definition) is 5. The molecule has 2 heterocycles. The van der Waals surface area contributed by atoms with Crippen molar-refractivity contribution in [2.24, 2.45) is 7.05 Å². The number of nitrogens with zero attached hydrogens (tertiary/aromatic N) is 3. The van der Waals surface area contributed by atoms with Gasteiger partial charge in [-0.1, -0.05) is 0 Å². The zero-order chi connectivity index (χ0) is 12.2. The number of fused-ring (bicyclic) bond motifs is 3. The monoisotopic (exact) mass is 232 g/mol. The van der Waals surface area contributed by atoms with E-state index in [1.807, 2.05) is 0 Å². The number of aromatic amines is 2. The predicted octanol–water partition coefficient (Wildman–Crippen LogP) is -0.920. The first-order chi connectivity index (χ1) is 8.08. The Hall–Kier alpha value is -2.64. The Morgan fingerprint density at radius 3 is 2.94 bits per heavy atom. The molecule has 0 saturated heterocycles. The van der Waals surface area contributed by atoms with Gasteiger partial charge in [0.25, 0.3) is 0 Å². The van der Waals surface area contributed by atoms with Gasteiger partial charge in [0.15, 0.2) is 0 Å². The van der Waals surface area contributed by atoms with Crippen molar-refractivity contribution in [3.05, 3.63) is 26.8 Å².